The van der Waals surface area contributed by atoms with Crippen LogP contribution in [0.1, 0.15) is 84.3 Å². The number of fused-ring (bicyclic) bond motifs is 1. The molecular formula is C27H41NO6S. The molecule has 2 fully saturated rings. The molecule has 0 aromatic carbocycles. The summed E-state index contributed by atoms with van der Waals surface area (Å²) in [6.07, 6.45) is 1.98. The van der Waals surface area contributed by atoms with Crippen LogP contribution in [-0.2, 0) is 19.1 Å². The summed E-state index contributed by atoms with van der Waals surface area (Å²) in [5.41, 5.74) is 0.179. The molecule has 2 aliphatic rings. The van der Waals surface area contributed by atoms with Crippen molar-refractivity contribution < 1.29 is 29.3 Å². The van der Waals surface area contributed by atoms with Crippen molar-refractivity contribution in [3.05, 3.63) is 21.7 Å². The zero-order chi connectivity index (χ0) is 26.1. The second-order valence-electron chi connectivity index (χ2n) is 11.3. The number of thiazole rings is 1. The van der Waals surface area contributed by atoms with E-state index in [-0.39, 0.29) is 29.8 Å². The van der Waals surface area contributed by atoms with Gasteiger partial charge in [-0.3, -0.25) is 9.59 Å². The average Bonchev–Trinajstić information content (AvgIpc) is 3.22. The Kier molecular flexibility index (Phi) is 8.62. The molecule has 8 heteroatoms. The van der Waals surface area contributed by atoms with Crippen molar-refractivity contribution in [1.29, 1.82) is 0 Å². The lowest BCUT2D eigenvalue weighted by Gasteiger charge is -2.34. The van der Waals surface area contributed by atoms with Gasteiger partial charge in [0.25, 0.3) is 0 Å². The first-order chi connectivity index (χ1) is 16.2. The molecule has 0 amide bonds. The fourth-order valence-corrected chi connectivity index (χ4v) is 5.64. The van der Waals surface area contributed by atoms with Crippen molar-refractivity contribution in [2.75, 3.05) is 0 Å². The predicted molar refractivity (Wildman–Crippen MR) is 136 cm³/mol. The van der Waals surface area contributed by atoms with Crippen LogP contribution in [0.15, 0.2) is 11.0 Å². The lowest BCUT2D eigenvalue weighted by Crippen LogP contribution is -2.45. The third-order valence-electron chi connectivity index (χ3n) is 7.93. The van der Waals surface area contributed by atoms with Crippen LogP contribution >= 0.6 is 11.3 Å². The summed E-state index contributed by atoms with van der Waals surface area (Å²) in [4.78, 5) is 30.6. The summed E-state index contributed by atoms with van der Waals surface area (Å²) in [6.45, 7) is 12.8. The number of ether oxygens (including phenoxy) is 2. The standard InChI is InChI=1S/C27H41NO6S/c1-15-9-8-10-27(7)22(34-27)12-20(16(2)11-19-14-35-18(4)28-19)33-23(30)13-21(29)26(5,6)25(32)17(3)24(15)31/h11,14-15,17,20-22,24,29,31H,8-10,12-13H2,1-7H3/b16-11+/t15?,17?,20?,21-,22?,24-,27-/m0/s1. The van der Waals surface area contributed by atoms with Crippen LogP contribution in [0, 0.1) is 24.2 Å². The van der Waals surface area contributed by atoms with Crippen LogP contribution in [0.5, 0.6) is 0 Å². The summed E-state index contributed by atoms with van der Waals surface area (Å²) in [5.74, 6) is -1.55. The van der Waals surface area contributed by atoms with Gasteiger partial charge in [-0.1, -0.05) is 34.1 Å². The third-order valence-corrected chi connectivity index (χ3v) is 8.72. The van der Waals surface area contributed by atoms with Gasteiger partial charge < -0.3 is 19.7 Å². The number of nitrogens with zero attached hydrogens (tertiary/aromatic N) is 1. The van der Waals surface area contributed by atoms with E-state index < -0.39 is 35.6 Å². The highest BCUT2D eigenvalue weighted by molar-refractivity contribution is 7.09. The molecule has 4 unspecified atom stereocenters. The minimum atomic E-state index is -1.23. The molecule has 0 bridgehead atoms. The van der Waals surface area contributed by atoms with Crippen LogP contribution in [0.25, 0.3) is 6.08 Å². The van der Waals surface area contributed by atoms with Gasteiger partial charge in [-0.25, -0.2) is 4.98 Å². The summed E-state index contributed by atoms with van der Waals surface area (Å²) in [6, 6.07) is 0. The Morgan fingerprint density at radius 2 is 1.91 bits per heavy atom. The third kappa shape index (κ3) is 6.59. The number of aromatic nitrogens is 1. The quantitative estimate of drug-likeness (QED) is 0.449. The minimum Gasteiger partial charge on any atom is -0.458 e. The molecule has 7 atom stereocenters. The number of aliphatic hydroxyl groups excluding tert-OH is 2. The Morgan fingerprint density at radius 3 is 2.54 bits per heavy atom. The number of esters is 1. The number of aryl methyl sites for hydroxylation is 1. The first-order valence-electron chi connectivity index (χ1n) is 12.6. The van der Waals surface area contributed by atoms with E-state index in [4.69, 9.17) is 9.47 Å². The molecule has 2 N–H and O–H groups in total. The van der Waals surface area contributed by atoms with Crippen LogP contribution in [0.4, 0.5) is 0 Å². The van der Waals surface area contributed by atoms with E-state index in [0.717, 1.165) is 35.5 Å². The highest BCUT2D eigenvalue weighted by Gasteiger charge is 2.53. The number of rotatable bonds is 2. The van der Waals surface area contributed by atoms with Crippen molar-refractivity contribution >= 4 is 29.2 Å². The Bertz CT molecular complexity index is 955. The van der Waals surface area contributed by atoms with Gasteiger partial charge in [0, 0.05) is 17.7 Å². The molecule has 1 aromatic rings. The molecule has 3 rings (SSSR count). The Morgan fingerprint density at radius 1 is 1.23 bits per heavy atom. The second kappa shape index (κ2) is 10.8. The van der Waals surface area contributed by atoms with E-state index in [0.29, 0.717) is 6.42 Å². The number of epoxide rings is 1. The molecule has 0 saturated carbocycles. The monoisotopic (exact) mass is 507 g/mol. The maximum atomic E-state index is 13.2. The Hall–Kier alpha value is -1.61. The molecule has 2 saturated heterocycles. The molecule has 2 aliphatic heterocycles. The zero-order valence-corrected chi connectivity index (χ0v) is 22.9. The number of carbonyl (C=O) groups excluding carboxylic acids is 2. The molecule has 0 spiro atoms. The van der Waals surface area contributed by atoms with Crippen molar-refractivity contribution in [3.63, 3.8) is 0 Å². The molecule has 7 nitrogen and oxygen atoms in total. The average molecular weight is 508 g/mol. The van der Waals surface area contributed by atoms with Crippen molar-refractivity contribution in [2.45, 2.75) is 111 Å². The first-order valence-corrected chi connectivity index (χ1v) is 13.5. The van der Waals surface area contributed by atoms with Crippen LogP contribution in [0.3, 0.4) is 0 Å². The van der Waals surface area contributed by atoms with Gasteiger partial charge in [-0.15, -0.1) is 11.3 Å². The topological polar surface area (TPSA) is 109 Å². The van der Waals surface area contributed by atoms with Gasteiger partial charge in [0.05, 0.1) is 46.5 Å². The SMILES string of the molecule is C/C(=C\c1csc(C)n1)C1CC2O[C@@]2(C)CCCC(C)[C@H](O)C(C)C(=O)C(C)(C)[C@@H](O)CC(=O)O1. The van der Waals surface area contributed by atoms with Gasteiger partial charge in [0.1, 0.15) is 11.9 Å². The number of ketones is 1. The van der Waals surface area contributed by atoms with E-state index in [1.54, 1.807) is 32.1 Å². The zero-order valence-electron chi connectivity index (χ0n) is 22.0. The van der Waals surface area contributed by atoms with Crippen molar-refractivity contribution in [2.24, 2.45) is 17.3 Å². The normalized spacial score (nSPS) is 37.5. The van der Waals surface area contributed by atoms with Crippen molar-refractivity contribution in [1.82, 2.24) is 4.98 Å². The second-order valence-corrected chi connectivity index (χ2v) is 12.3. The molecule has 196 valence electrons. The number of hydrogen-bond acceptors (Lipinski definition) is 8. The Balaban J connectivity index is 1.85. The van der Waals surface area contributed by atoms with Crippen molar-refractivity contribution in [3.8, 4) is 0 Å². The van der Waals surface area contributed by atoms with E-state index >= 15 is 0 Å². The Labute approximate surface area is 212 Å². The minimum absolute atomic E-state index is 0.0455. The number of aliphatic hydroxyl groups is 2. The molecule has 35 heavy (non-hydrogen) atoms. The molecular weight excluding hydrogens is 466 g/mol. The molecule has 3 heterocycles. The lowest BCUT2D eigenvalue weighted by molar-refractivity contribution is -0.154. The first kappa shape index (κ1) is 28.0. The maximum absolute atomic E-state index is 13.2. The summed E-state index contributed by atoms with van der Waals surface area (Å²) >= 11 is 1.56. The largest absolute Gasteiger partial charge is 0.458 e. The highest BCUT2D eigenvalue weighted by atomic mass is 32.1. The van der Waals surface area contributed by atoms with Gasteiger partial charge in [-0.05, 0) is 51.2 Å². The number of cyclic esters (lactones) is 1. The number of hydrogen-bond donors (Lipinski definition) is 2. The fraction of sp³-hybridized carbons (Fsp3) is 0.741. The molecule has 1 aromatic heterocycles. The summed E-state index contributed by atoms with van der Waals surface area (Å²) in [7, 11) is 0. The number of Topliss-reactive ketones (excluding diaryl/α,β-unsaturated/α-hetero) is 1. The van der Waals surface area contributed by atoms with E-state index in [9.17, 15) is 19.8 Å². The fourth-order valence-electron chi connectivity index (χ4n) is 5.07. The maximum Gasteiger partial charge on any atom is 0.309 e. The lowest BCUT2D eigenvalue weighted by atomic mass is 9.73. The number of carbonyl (C=O) groups is 2. The van der Waals surface area contributed by atoms with E-state index in [1.807, 2.05) is 32.2 Å². The highest BCUT2D eigenvalue weighted by Crippen LogP contribution is 2.45. The predicted octanol–water partition coefficient (Wildman–Crippen LogP) is 4.48. The van der Waals surface area contributed by atoms with Gasteiger partial charge in [0.2, 0.25) is 0 Å². The van der Waals surface area contributed by atoms with Gasteiger partial charge in [0.15, 0.2) is 0 Å². The summed E-state index contributed by atoms with van der Waals surface area (Å²) < 4.78 is 11.9. The van der Waals surface area contributed by atoms with Gasteiger partial charge in [-0.2, -0.15) is 0 Å². The van der Waals surface area contributed by atoms with E-state index in [2.05, 4.69) is 11.9 Å². The van der Waals surface area contributed by atoms with Gasteiger partial charge >= 0.3 is 5.97 Å². The molecule has 0 aliphatic carbocycles. The summed E-state index contributed by atoms with van der Waals surface area (Å²) in [5, 5.41) is 24.6. The van der Waals surface area contributed by atoms with Crippen LogP contribution in [0.2, 0.25) is 0 Å². The van der Waals surface area contributed by atoms with E-state index in [1.165, 1.54) is 0 Å². The van der Waals surface area contributed by atoms with Crippen LogP contribution in [-0.4, -0.2) is 57.0 Å². The smallest absolute Gasteiger partial charge is 0.309 e. The van der Waals surface area contributed by atoms with Crippen LogP contribution < -0.4 is 0 Å². The molecule has 0 radical (unpaired) electrons.